The maximum atomic E-state index is 12.9. The molecule has 1 heterocycles. The van der Waals surface area contributed by atoms with Gasteiger partial charge in [0.25, 0.3) is 17.1 Å². The molecule has 3 aromatic rings. The van der Waals surface area contributed by atoms with Crippen LogP contribution in [0, 0.1) is 13.8 Å². The normalized spacial score (nSPS) is 13.9. The standard InChI is InChI=1S/C30H29N3O6S/c1-4-38-25-15-21(11-13-24(25)39-18-28(35)32-23-12-10-19(2)20(3)14-23)16-26-29(36)33(30(37)40-26)17-27(34)31-22-8-6-5-7-9-22/h5-16H,4,17-18H2,1-3H3,(H,31,34)(H,32,35)/b26-16+. The minimum absolute atomic E-state index is 0.182. The zero-order valence-electron chi connectivity index (χ0n) is 22.4. The van der Waals surface area contributed by atoms with Crippen LogP contribution in [0.4, 0.5) is 16.2 Å². The Labute approximate surface area is 236 Å². The highest BCUT2D eigenvalue weighted by Gasteiger charge is 2.36. The second kappa shape index (κ2) is 13.0. The Bertz CT molecular complexity index is 1470. The van der Waals surface area contributed by atoms with E-state index >= 15 is 0 Å². The summed E-state index contributed by atoms with van der Waals surface area (Å²) >= 11 is 0.759. The number of nitrogens with one attached hydrogen (secondary N) is 2. The summed E-state index contributed by atoms with van der Waals surface area (Å²) in [6.07, 6.45) is 1.55. The minimum atomic E-state index is -0.556. The first-order valence-corrected chi connectivity index (χ1v) is 13.4. The van der Waals surface area contributed by atoms with Gasteiger partial charge < -0.3 is 20.1 Å². The van der Waals surface area contributed by atoms with Gasteiger partial charge in [0.2, 0.25) is 5.91 Å². The van der Waals surface area contributed by atoms with Gasteiger partial charge in [0, 0.05) is 11.4 Å². The lowest BCUT2D eigenvalue weighted by molar-refractivity contribution is -0.127. The van der Waals surface area contributed by atoms with Gasteiger partial charge in [-0.25, -0.2) is 0 Å². The minimum Gasteiger partial charge on any atom is -0.490 e. The summed E-state index contributed by atoms with van der Waals surface area (Å²) in [7, 11) is 0. The number of amides is 4. The molecule has 3 aromatic carbocycles. The highest BCUT2D eigenvalue weighted by Crippen LogP contribution is 2.34. The predicted molar refractivity (Wildman–Crippen MR) is 155 cm³/mol. The third-order valence-electron chi connectivity index (χ3n) is 5.95. The molecular weight excluding hydrogens is 530 g/mol. The fourth-order valence-electron chi connectivity index (χ4n) is 3.81. The van der Waals surface area contributed by atoms with E-state index in [1.165, 1.54) is 0 Å². The molecule has 9 nitrogen and oxygen atoms in total. The molecule has 0 aliphatic carbocycles. The number of para-hydroxylation sites is 1. The molecule has 4 amide bonds. The van der Waals surface area contributed by atoms with Crippen LogP contribution in [0.2, 0.25) is 0 Å². The molecule has 0 aromatic heterocycles. The number of hydrogen-bond donors (Lipinski definition) is 2. The average molecular weight is 560 g/mol. The fraction of sp³-hybridized carbons (Fsp3) is 0.200. The van der Waals surface area contributed by atoms with Crippen LogP contribution in [0.25, 0.3) is 6.08 Å². The van der Waals surface area contributed by atoms with E-state index in [0.29, 0.717) is 35.0 Å². The van der Waals surface area contributed by atoms with Crippen molar-refractivity contribution in [2.75, 3.05) is 30.4 Å². The van der Waals surface area contributed by atoms with Gasteiger partial charge in [-0.1, -0.05) is 30.3 Å². The lowest BCUT2D eigenvalue weighted by Gasteiger charge is -2.13. The van der Waals surface area contributed by atoms with E-state index in [9.17, 15) is 19.2 Å². The van der Waals surface area contributed by atoms with Crippen molar-refractivity contribution >= 4 is 52.2 Å². The van der Waals surface area contributed by atoms with Gasteiger partial charge in [-0.05, 0) is 91.7 Å². The van der Waals surface area contributed by atoms with E-state index in [1.54, 1.807) is 48.5 Å². The molecule has 10 heteroatoms. The number of aryl methyl sites for hydroxylation is 2. The fourth-order valence-corrected chi connectivity index (χ4v) is 4.65. The van der Waals surface area contributed by atoms with Gasteiger partial charge >= 0.3 is 0 Å². The number of carbonyl (C=O) groups excluding carboxylic acids is 4. The molecule has 2 N–H and O–H groups in total. The van der Waals surface area contributed by atoms with Crippen molar-refractivity contribution in [3.8, 4) is 11.5 Å². The maximum absolute atomic E-state index is 12.9. The van der Waals surface area contributed by atoms with Gasteiger partial charge in [0.05, 0.1) is 11.5 Å². The first-order chi connectivity index (χ1) is 19.2. The number of benzene rings is 3. The van der Waals surface area contributed by atoms with Crippen molar-refractivity contribution in [1.29, 1.82) is 0 Å². The van der Waals surface area contributed by atoms with Crippen LogP contribution in [-0.2, 0) is 14.4 Å². The monoisotopic (exact) mass is 559 g/mol. The molecule has 206 valence electrons. The Morgan fingerprint density at radius 3 is 2.33 bits per heavy atom. The van der Waals surface area contributed by atoms with Crippen molar-refractivity contribution in [2.45, 2.75) is 20.8 Å². The molecule has 0 unspecified atom stereocenters. The van der Waals surface area contributed by atoms with E-state index in [0.717, 1.165) is 27.8 Å². The zero-order valence-corrected chi connectivity index (χ0v) is 23.2. The van der Waals surface area contributed by atoms with Crippen LogP contribution in [0.15, 0.2) is 71.6 Å². The van der Waals surface area contributed by atoms with Crippen molar-refractivity contribution in [1.82, 2.24) is 4.90 Å². The Hall–Kier alpha value is -4.57. The van der Waals surface area contributed by atoms with Crippen LogP contribution in [0.1, 0.15) is 23.6 Å². The number of rotatable bonds is 10. The van der Waals surface area contributed by atoms with E-state index in [1.807, 2.05) is 45.0 Å². The van der Waals surface area contributed by atoms with E-state index < -0.39 is 23.6 Å². The summed E-state index contributed by atoms with van der Waals surface area (Å²) in [5, 5.41) is 4.95. The van der Waals surface area contributed by atoms with Gasteiger partial charge in [-0.3, -0.25) is 24.1 Å². The lowest BCUT2D eigenvalue weighted by Crippen LogP contribution is -2.36. The quantitative estimate of drug-likeness (QED) is 0.320. The zero-order chi connectivity index (χ0) is 28.6. The summed E-state index contributed by atoms with van der Waals surface area (Å²) in [4.78, 5) is 51.3. The van der Waals surface area contributed by atoms with Gasteiger partial charge in [0.15, 0.2) is 18.1 Å². The topological polar surface area (TPSA) is 114 Å². The Morgan fingerprint density at radius 1 is 0.850 bits per heavy atom. The number of thioether (sulfide) groups is 1. The largest absolute Gasteiger partial charge is 0.490 e. The Kier molecular flexibility index (Phi) is 9.23. The molecule has 0 atom stereocenters. The van der Waals surface area contributed by atoms with Crippen LogP contribution >= 0.6 is 11.8 Å². The summed E-state index contributed by atoms with van der Waals surface area (Å²) in [6, 6.07) is 19.4. The Morgan fingerprint density at radius 2 is 1.60 bits per heavy atom. The SMILES string of the molecule is CCOc1cc(/C=C2/SC(=O)N(CC(=O)Nc3ccccc3)C2=O)ccc1OCC(=O)Nc1ccc(C)c(C)c1. The predicted octanol–water partition coefficient (Wildman–Crippen LogP) is 5.39. The van der Waals surface area contributed by atoms with Crippen LogP contribution in [-0.4, -0.2) is 47.6 Å². The third-order valence-corrected chi connectivity index (χ3v) is 6.86. The number of anilines is 2. The third kappa shape index (κ3) is 7.29. The second-order valence-electron chi connectivity index (χ2n) is 8.96. The number of imide groups is 1. The smallest absolute Gasteiger partial charge is 0.294 e. The molecule has 1 saturated heterocycles. The molecule has 0 bridgehead atoms. The van der Waals surface area contributed by atoms with Gasteiger partial charge in [-0.2, -0.15) is 0 Å². The van der Waals surface area contributed by atoms with E-state index in [-0.39, 0.29) is 17.4 Å². The number of hydrogen-bond acceptors (Lipinski definition) is 7. The molecule has 0 saturated carbocycles. The molecule has 40 heavy (non-hydrogen) atoms. The van der Waals surface area contributed by atoms with Gasteiger partial charge in [0.1, 0.15) is 6.54 Å². The second-order valence-corrected chi connectivity index (χ2v) is 9.95. The number of ether oxygens (including phenoxy) is 2. The maximum Gasteiger partial charge on any atom is 0.294 e. The summed E-state index contributed by atoms with van der Waals surface area (Å²) in [5.74, 6) is -0.604. The van der Waals surface area contributed by atoms with E-state index in [2.05, 4.69) is 10.6 Å². The summed E-state index contributed by atoms with van der Waals surface area (Å²) in [6.45, 7) is 5.52. The molecule has 1 aliphatic rings. The number of nitrogens with zero attached hydrogens (tertiary/aromatic N) is 1. The highest BCUT2D eigenvalue weighted by atomic mass is 32.2. The first kappa shape index (κ1) is 28.4. The molecule has 0 spiro atoms. The van der Waals surface area contributed by atoms with Crippen LogP contribution in [0.5, 0.6) is 11.5 Å². The summed E-state index contributed by atoms with van der Waals surface area (Å²) < 4.78 is 11.4. The van der Waals surface area contributed by atoms with Crippen LogP contribution < -0.4 is 20.1 Å². The molecule has 1 aliphatic heterocycles. The highest BCUT2D eigenvalue weighted by molar-refractivity contribution is 8.18. The van der Waals surface area contributed by atoms with Crippen molar-refractivity contribution < 1.29 is 28.7 Å². The van der Waals surface area contributed by atoms with Crippen LogP contribution in [0.3, 0.4) is 0 Å². The number of carbonyl (C=O) groups is 4. The van der Waals surface area contributed by atoms with Crippen molar-refractivity contribution in [2.24, 2.45) is 0 Å². The van der Waals surface area contributed by atoms with E-state index in [4.69, 9.17) is 9.47 Å². The van der Waals surface area contributed by atoms with Crippen molar-refractivity contribution in [3.05, 3.63) is 88.3 Å². The summed E-state index contributed by atoms with van der Waals surface area (Å²) in [5.41, 5.74) is 4.05. The molecule has 4 rings (SSSR count). The lowest BCUT2D eigenvalue weighted by atomic mass is 10.1. The molecule has 1 fully saturated rings. The Balaban J connectivity index is 1.40. The average Bonchev–Trinajstić information content (AvgIpc) is 3.18. The first-order valence-electron chi connectivity index (χ1n) is 12.6. The van der Waals surface area contributed by atoms with Crippen molar-refractivity contribution in [3.63, 3.8) is 0 Å². The van der Waals surface area contributed by atoms with Gasteiger partial charge in [-0.15, -0.1) is 0 Å². The molecular formula is C30H29N3O6S. The molecule has 0 radical (unpaired) electrons.